The van der Waals surface area contributed by atoms with Crippen LogP contribution in [0, 0.1) is 5.41 Å². The summed E-state index contributed by atoms with van der Waals surface area (Å²) >= 11 is 0. The Kier molecular flexibility index (Phi) is 5.51. The Labute approximate surface area is 77.1 Å². The average Bonchev–Trinajstić information content (AvgIpc) is 1.96. The molecule has 0 amide bonds. The average molecular weight is 172 g/mol. The summed E-state index contributed by atoms with van der Waals surface area (Å²) in [7, 11) is 0. The monoisotopic (exact) mass is 172 g/mol. The molecule has 0 heterocycles. The third kappa shape index (κ3) is 6.62. The highest BCUT2D eigenvalue weighted by Gasteiger charge is 2.11. The van der Waals surface area contributed by atoms with Gasteiger partial charge >= 0.3 is 0 Å². The summed E-state index contributed by atoms with van der Waals surface area (Å²) in [5, 5.41) is 0. The van der Waals surface area contributed by atoms with E-state index in [9.17, 15) is 0 Å². The Hall–Kier alpha value is -0.0800. The molecule has 0 saturated carbocycles. The lowest BCUT2D eigenvalue weighted by Crippen LogP contribution is -2.32. The molecule has 0 aromatic heterocycles. The van der Waals surface area contributed by atoms with Gasteiger partial charge in [0.15, 0.2) is 0 Å². The van der Waals surface area contributed by atoms with Crippen molar-refractivity contribution in [3.8, 4) is 0 Å². The van der Waals surface area contributed by atoms with Gasteiger partial charge in [0.25, 0.3) is 0 Å². The molecule has 0 saturated heterocycles. The van der Waals surface area contributed by atoms with Gasteiger partial charge in [-0.1, -0.05) is 27.7 Å². The predicted octanol–water partition coefficient (Wildman–Crippen LogP) is 1.70. The van der Waals surface area contributed by atoms with E-state index in [2.05, 4.69) is 32.6 Å². The standard InChI is InChI=1S/C10H24N2/c1-5-12(9-7-11)8-6-10(2,3)4/h5-9,11H2,1-4H3. The van der Waals surface area contributed by atoms with Crippen molar-refractivity contribution in [2.45, 2.75) is 34.1 Å². The van der Waals surface area contributed by atoms with E-state index in [1.165, 1.54) is 13.0 Å². The van der Waals surface area contributed by atoms with Crippen LogP contribution in [-0.2, 0) is 0 Å². The number of nitrogens with two attached hydrogens (primary N) is 1. The van der Waals surface area contributed by atoms with Crippen molar-refractivity contribution in [3.63, 3.8) is 0 Å². The van der Waals surface area contributed by atoms with Crippen LogP contribution in [0.1, 0.15) is 34.1 Å². The zero-order chi connectivity index (χ0) is 9.61. The number of hydrogen-bond acceptors (Lipinski definition) is 2. The number of hydrogen-bond donors (Lipinski definition) is 1. The molecule has 12 heavy (non-hydrogen) atoms. The fourth-order valence-corrected chi connectivity index (χ4v) is 1.10. The van der Waals surface area contributed by atoms with Crippen LogP contribution in [0.2, 0.25) is 0 Å². The van der Waals surface area contributed by atoms with Crippen LogP contribution in [0.25, 0.3) is 0 Å². The molecule has 0 aromatic rings. The maximum absolute atomic E-state index is 5.50. The van der Waals surface area contributed by atoms with Crippen LogP contribution in [0.5, 0.6) is 0 Å². The lowest BCUT2D eigenvalue weighted by atomic mass is 9.92. The fraction of sp³-hybridized carbons (Fsp3) is 1.00. The molecule has 0 spiro atoms. The van der Waals surface area contributed by atoms with E-state index in [4.69, 9.17) is 5.73 Å². The van der Waals surface area contributed by atoms with Gasteiger partial charge in [0.05, 0.1) is 0 Å². The molecule has 2 N–H and O–H groups in total. The zero-order valence-electron chi connectivity index (χ0n) is 9.06. The first kappa shape index (κ1) is 11.9. The van der Waals surface area contributed by atoms with Crippen LogP contribution < -0.4 is 5.73 Å². The molecule has 0 radical (unpaired) electrons. The highest BCUT2D eigenvalue weighted by Crippen LogP contribution is 2.18. The van der Waals surface area contributed by atoms with E-state index in [1.54, 1.807) is 0 Å². The summed E-state index contributed by atoms with van der Waals surface area (Å²) in [6.07, 6.45) is 1.25. The highest BCUT2D eigenvalue weighted by atomic mass is 15.1. The second-order valence-electron chi connectivity index (χ2n) is 4.53. The van der Waals surface area contributed by atoms with E-state index < -0.39 is 0 Å². The van der Waals surface area contributed by atoms with Crippen molar-refractivity contribution in [2.24, 2.45) is 11.1 Å². The molecular weight excluding hydrogens is 148 g/mol. The summed E-state index contributed by atoms with van der Waals surface area (Å²) in [5.41, 5.74) is 5.95. The smallest absolute Gasteiger partial charge is 0.0104 e. The van der Waals surface area contributed by atoms with Gasteiger partial charge < -0.3 is 10.6 Å². The lowest BCUT2D eigenvalue weighted by Gasteiger charge is -2.25. The van der Waals surface area contributed by atoms with Gasteiger partial charge in [-0.2, -0.15) is 0 Å². The van der Waals surface area contributed by atoms with Gasteiger partial charge in [0.1, 0.15) is 0 Å². The molecule has 2 heteroatoms. The minimum Gasteiger partial charge on any atom is -0.329 e. The first-order valence-corrected chi connectivity index (χ1v) is 4.92. The first-order chi connectivity index (χ1) is 5.49. The van der Waals surface area contributed by atoms with Crippen LogP contribution in [-0.4, -0.2) is 31.1 Å². The molecule has 0 aliphatic rings. The second-order valence-corrected chi connectivity index (χ2v) is 4.53. The molecule has 0 aromatic carbocycles. The van der Waals surface area contributed by atoms with Crippen LogP contribution in [0.15, 0.2) is 0 Å². The Bertz CT molecular complexity index is 105. The second kappa shape index (κ2) is 5.55. The van der Waals surface area contributed by atoms with E-state index in [0.717, 1.165) is 19.6 Å². The third-order valence-corrected chi connectivity index (χ3v) is 2.07. The molecular formula is C10H24N2. The quantitative estimate of drug-likeness (QED) is 0.684. The summed E-state index contributed by atoms with van der Waals surface area (Å²) in [4.78, 5) is 2.41. The topological polar surface area (TPSA) is 29.3 Å². The minimum atomic E-state index is 0.446. The summed E-state index contributed by atoms with van der Waals surface area (Å²) in [6, 6.07) is 0. The molecule has 0 aliphatic heterocycles. The number of likely N-dealkylation sites (N-methyl/N-ethyl adjacent to an activating group) is 1. The van der Waals surface area contributed by atoms with Crippen molar-refractivity contribution in [1.29, 1.82) is 0 Å². The summed E-state index contributed by atoms with van der Waals surface area (Å²) < 4.78 is 0. The van der Waals surface area contributed by atoms with Gasteiger partial charge in [0.2, 0.25) is 0 Å². The SMILES string of the molecule is CCN(CCN)CCC(C)(C)C. The van der Waals surface area contributed by atoms with E-state index in [1.807, 2.05) is 0 Å². The molecule has 0 unspecified atom stereocenters. The summed E-state index contributed by atoms with van der Waals surface area (Å²) in [6.45, 7) is 13.1. The lowest BCUT2D eigenvalue weighted by molar-refractivity contribution is 0.241. The van der Waals surface area contributed by atoms with E-state index in [-0.39, 0.29) is 0 Å². The summed E-state index contributed by atoms with van der Waals surface area (Å²) in [5.74, 6) is 0. The van der Waals surface area contributed by atoms with E-state index >= 15 is 0 Å². The third-order valence-electron chi connectivity index (χ3n) is 2.07. The van der Waals surface area contributed by atoms with Gasteiger partial charge in [0, 0.05) is 13.1 Å². The van der Waals surface area contributed by atoms with Crippen molar-refractivity contribution in [3.05, 3.63) is 0 Å². The van der Waals surface area contributed by atoms with Crippen LogP contribution >= 0.6 is 0 Å². The van der Waals surface area contributed by atoms with Crippen molar-refractivity contribution < 1.29 is 0 Å². The van der Waals surface area contributed by atoms with E-state index in [0.29, 0.717) is 5.41 Å². The Balaban J connectivity index is 3.58. The normalized spacial score (nSPS) is 12.5. The number of rotatable bonds is 5. The largest absolute Gasteiger partial charge is 0.329 e. The number of nitrogens with zero attached hydrogens (tertiary/aromatic N) is 1. The van der Waals surface area contributed by atoms with Crippen LogP contribution in [0.3, 0.4) is 0 Å². The molecule has 74 valence electrons. The molecule has 0 bridgehead atoms. The Morgan fingerprint density at radius 3 is 2.08 bits per heavy atom. The Morgan fingerprint density at radius 1 is 1.17 bits per heavy atom. The molecule has 2 nitrogen and oxygen atoms in total. The maximum atomic E-state index is 5.50. The van der Waals surface area contributed by atoms with Crippen molar-refractivity contribution >= 4 is 0 Å². The minimum absolute atomic E-state index is 0.446. The van der Waals surface area contributed by atoms with Crippen molar-refractivity contribution in [1.82, 2.24) is 4.90 Å². The van der Waals surface area contributed by atoms with Crippen LogP contribution in [0.4, 0.5) is 0 Å². The molecule has 0 atom stereocenters. The van der Waals surface area contributed by atoms with Gasteiger partial charge in [-0.05, 0) is 24.9 Å². The zero-order valence-corrected chi connectivity index (χ0v) is 9.06. The fourth-order valence-electron chi connectivity index (χ4n) is 1.10. The molecule has 0 aliphatic carbocycles. The highest BCUT2D eigenvalue weighted by molar-refractivity contribution is 4.65. The van der Waals surface area contributed by atoms with Crippen molar-refractivity contribution in [2.75, 3.05) is 26.2 Å². The first-order valence-electron chi connectivity index (χ1n) is 4.92. The van der Waals surface area contributed by atoms with Gasteiger partial charge in [-0.15, -0.1) is 0 Å². The Morgan fingerprint density at radius 2 is 1.75 bits per heavy atom. The van der Waals surface area contributed by atoms with Gasteiger partial charge in [-0.3, -0.25) is 0 Å². The maximum Gasteiger partial charge on any atom is 0.0104 e. The predicted molar refractivity (Wildman–Crippen MR) is 55.2 cm³/mol. The molecule has 0 fully saturated rings. The van der Waals surface area contributed by atoms with Gasteiger partial charge in [-0.25, -0.2) is 0 Å². The molecule has 0 rings (SSSR count).